The molecule has 8 nitrogen and oxygen atoms in total. The number of alkyl carbamates (subject to hydrolysis) is 1. The van der Waals surface area contributed by atoms with Crippen LogP contribution in [0.3, 0.4) is 0 Å². The first kappa shape index (κ1) is 30.3. The van der Waals surface area contributed by atoms with Gasteiger partial charge in [-0.1, -0.05) is 52.3 Å². The number of unbranched alkanes of at least 4 members (excludes halogenated alkanes) is 1. The van der Waals surface area contributed by atoms with Crippen molar-refractivity contribution >= 4 is 17.9 Å². The predicted octanol–water partition coefficient (Wildman–Crippen LogP) is 4.84. The van der Waals surface area contributed by atoms with Crippen molar-refractivity contribution in [3.05, 3.63) is 29.3 Å². The number of nitrogens with zero attached hydrogens (tertiary/aromatic N) is 1. The molecule has 3 amide bonds. The first-order valence-corrected chi connectivity index (χ1v) is 12.7. The van der Waals surface area contributed by atoms with Gasteiger partial charge in [0, 0.05) is 18.7 Å². The number of phenols is 1. The highest BCUT2D eigenvalue weighted by atomic mass is 16.6. The summed E-state index contributed by atoms with van der Waals surface area (Å²) in [6.45, 7) is 15.6. The highest BCUT2D eigenvalue weighted by Crippen LogP contribution is 2.32. The van der Waals surface area contributed by atoms with Gasteiger partial charge in [-0.2, -0.15) is 0 Å². The van der Waals surface area contributed by atoms with Crippen molar-refractivity contribution in [2.24, 2.45) is 5.92 Å². The van der Waals surface area contributed by atoms with E-state index in [9.17, 15) is 19.5 Å². The molecule has 35 heavy (non-hydrogen) atoms. The van der Waals surface area contributed by atoms with Crippen LogP contribution in [0, 0.1) is 12.8 Å². The zero-order valence-corrected chi connectivity index (χ0v) is 22.7. The lowest BCUT2D eigenvalue weighted by molar-refractivity contribution is -0.142. The molecule has 0 fully saturated rings. The van der Waals surface area contributed by atoms with Crippen LogP contribution in [0.15, 0.2) is 18.2 Å². The summed E-state index contributed by atoms with van der Waals surface area (Å²) in [6.07, 6.45) is 2.00. The van der Waals surface area contributed by atoms with Crippen LogP contribution in [0.1, 0.15) is 91.3 Å². The maximum atomic E-state index is 13.9. The van der Waals surface area contributed by atoms with Gasteiger partial charge < -0.3 is 25.4 Å². The molecule has 2 atom stereocenters. The third kappa shape index (κ3) is 9.78. The van der Waals surface area contributed by atoms with Crippen LogP contribution >= 0.6 is 0 Å². The van der Waals surface area contributed by atoms with Crippen molar-refractivity contribution in [3.8, 4) is 5.75 Å². The van der Waals surface area contributed by atoms with Crippen LogP contribution in [0.2, 0.25) is 0 Å². The molecule has 8 heteroatoms. The molecule has 0 aliphatic rings. The van der Waals surface area contributed by atoms with Gasteiger partial charge in [0.15, 0.2) is 0 Å². The fourth-order valence-electron chi connectivity index (χ4n) is 3.79. The Morgan fingerprint density at radius 1 is 1.11 bits per heavy atom. The van der Waals surface area contributed by atoms with E-state index in [-0.39, 0.29) is 30.0 Å². The molecule has 0 saturated carbocycles. The van der Waals surface area contributed by atoms with Crippen molar-refractivity contribution in [1.82, 2.24) is 15.5 Å². The Morgan fingerprint density at radius 3 is 2.31 bits per heavy atom. The molecule has 2 unspecified atom stereocenters. The third-order valence-corrected chi connectivity index (χ3v) is 5.40. The van der Waals surface area contributed by atoms with E-state index in [1.807, 2.05) is 27.7 Å². The van der Waals surface area contributed by atoms with E-state index >= 15 is 0 Å². The molecule has 1 rings (SSSR count). The largest absolute Gasteiger partial charge is 0.507 e. The summed E-state index contributed by atoms with van der Waals surface area (Å²) in [5, 5.41) is 16.5. The number of hydrogen-bond donors (Lipinski definition) is 3. The Balaban J connectivity index is 3.46. The van der Waals surface area contributed by atoms with E-state index in [0.717, 1.165) is 12.8 Å². The number of carbonyl (C=O) groups excluding carboxylic acids is 3. The van der Waals surface area contributed by atoms with Gasteiger partial charge in [-0.25, -0.2) is 4.79 Å². The molecule has 0 saturated heterocycles. The van der Waals surface area contributed by atoms with Gasteiger partial charge in [-0.05, 0) is 58.4 Å². The van der Waals surface area contributed by atoms with Crippen molar-refractivity contribution in [2.45, 2.75) is 98.8 Å². The smallest absolute Gasteiger partial charge is 0.408 e. The minimum atomic E-state index is -1.03. The lowest BCUT2D eigenvalue weighted by Crippen LogP contribution is -2.53. The van der Waals surface area contributed by atoms with E-state index in [4.69, 9.17) is 4.74 Å². The molecule has 0 aromatic heterocycles. The average molecular weight is 492 g/mol. The maximum absolute atomic E-state index is 13.9. The number of aryl methyl sites for hydroxylation is 1. The molecule has 0 heterocycles. The second-order valence-electron chi connectivity index (χ2n) is 10.4. The summed E-state index contributed by atoms with van der Waals surface area (Å²) in [5.74, 6) is -0.659. The topological polar surface area (TPSA) is 108 Å². The monoisotopic (exact) mass is 491 g/mol. The molecule has 0 radical (unpaired) electrons. The lowest BCUT2D eigenvalue weighted by Gasteiger charge is -2.35. The van der Waals surface area contributed by atoms with Gasteiger partial charge in [-0.3, -0.25) is 9.59 Å². The number of hydrogen-bond acceptors (Lipinski definition) is 5. The second-order valence-corrected chi connectivity index (χ2v) is 10.4. The molecule has 1 aromatic carbocycles. The molecule has 0 aliphatic carbocycles. The molecule has 3 N–H and O–H groups in total. The van der Waals surface area contributed by atoms with Gasteiger partial charge >= 0.3 is 6.09 Å². The van der Waals surface area contributed by atoms with E-state index in [1.165, 1.54) is 4.90 Å². The Hall–Kier alpha value is -2.77. The van der Waals surface area contributed by atoms with Gasteiger partial charge in [0.05, 0.1) is 0 Å². The summed E-state index contributed by atoms with van der Waals surface area (Å²) in [5.41, 5.74) is 0.262. The number of amides is 3. The number of carbonyl (C=O) groups is 3. The minimum Gasteiger partial charge on any atom is -0.507 e. The first-order chi connectivity index (χ1) is 16.3. The summed E-state index contributed by atoms with van der Waals surface area (Å²) in [4.78, 5) is 41.4. The standard InChI is InChI=1S/C27H45N3O5/c1-9-11-15-28-24(32)22(20-14-12-13-19(5)23(20)31)30(16-10-2)25(33)21(17-18(3)4)29-26(34)35-27(6,7)8/h12-14,18,21-22,31H,9-11,15-17H2,1-8H3,(H,28,32)(H,29,34). The van der Waals surface area contributed by atoms with E-state index in [0.29, 0.717) is 30.5 Å². The van der Waals surface area contributed by atoms with Crippen molar-refractivity contribution < 1.29 is 24.2 Å². The fraction of sp³-hybridized carbons (Fsp3) is 0.667. The molecule has 198 valence electrons. The number of nitrogens with one attached hydrogen (secondary N) is 2. The van der Waals surface area contributed by atoms with E-state index in [1.54, 1.807) is 45.9 Å². The molecule has 0 bridgehead atoms. The van der Waals surface area contributed by atoms with Gasteiger partial charge in [0.1, 0.15) is 23.4 Å². The van der Waals surface area contributed by atoms with Crippen LogP contribution < -0.4 is 10.6 Å². The van der Waals surface area contributed by atoms with Gasteiger partial charge in [0.25, 0.3) is 0 Å². The highest BCUT2D eigenvalue weighted by molar-refractivity contribution is 5.92. The molecule has 0 aliphatic heterocycles. The molecule has 1 aromatic rings. The van der Waals surface area contributed by atoms with Crippen LogP contribution in [0.4, 0.5) is 4.79 Å². The second kappa shape index (κ2) is 14.0. The van der Waals surface area contributed by atoms with Crippen molar-refractivity contribution in [2.75, 3.05) is 13.1 Å². The molecule has 0 spiro atoms. The normalized spacial score (nSPS) is 13.2. The predicted molar refractivity (Wildman–Crippen MR) is 138 cm³/mol. The third-order valence-electron chi connectivity index (χ3n) is 5.40. The van der Waals surface area contributed by atoms with Gasteiger partial charge in [0.2, 0.25) is 11.8 Å². The van der Waals surface area contributed by atoms with Crippen LogP contribution in [0.5, 0.6) is 5.75 Å². The van der Waals surface area contributed by atoms with Crippen LogP contribution in [-0.2, 0) is 14.3 Å². The maximum Gasteiger partial charge on any atom is 0.408 e. The fourth-order valence-corrected chi connectivity index (χ4v) is 3.79. The average Bonchev–Trinajstić information content (AvgIpc) is 2.73. The number of para-hydroxylation sites is 1. The molecular formula is C27H45N3O5. The van der Waals surface area contributed by atoms with Gasteiger partial charge in [-0.15, -0.1) is 0 Å². The van der Waals surface area contributed by atoms with Crippen LogP contribution in [-0.4, -0.2) is 52.6 Å². The number of rotatable bonds is 12. The number of benzene rings is 1. The number of phenolic OH excluding ortho intramolecular Hbond substituents is 1. The van der Waals surface area contributed by atoms with Crippen molar-refractivity contribution in [3.63, 3.8) is 0 Å². The van der Waals surface area contributed by atoms with E-state index in [2.05, 4.69) is 10.6 Å². The van der Waals surface area contributed by atoms with Crippen molar-refractivity contribution in [1.29, 1.82) is 0 Å². The summed E-state index contributed by atoms with van der Waals surface area (Å²) in [6, 6.07) is 3.27. The number of ether oxygens (including phenoxy) is 1. The Morgan fingerprint density at radius 2 is 1.77 bits per heavy atom. The summed E-state index contributed by atoms with van der Waals surface area (Å²) in [7, 11) is 0. The Labute approximate surface area is 210 Å². The summed E-state index contributed by atoms with van der Waals surface area (Å²) >= 11 is 0. The zero-order chi connectivity index (χ0) is 26.8. The highest BCUT2D eigenvalue weighted by Gasteiger charge is 2.37. The SMILES string of the molecule is CCCCNC(=O)C(c1cccc(C)c1O)N(CCC)C(=O)C(CC(C)C)NC(=O)OC(C)(C)C. The Kier molecular flexibility index (Phi) is 12.1. The first-order valence-electron chi connectivity index (χ1n) is 12.7. The Bertz CT molecular complexity index is 848. The quantitative estimate of drug-likeness (QED) is 0.363. The minimum absolute atomic E-state index is 0.0162. The lowest BCUT2D eigenvalue weighted by atomic mass is 9.97. The zero-order valence-electron chi connectivity index (χ0n) is 22.7. The van der Waals surface area contributed by atoms with Crippen LogP contribution in [0.25, 0.3) is 0 Å². The number of aromatic hydroxyl groups is 1. The van der Waals surface area contributed by atoms with E-state index < -0.39 is 23.8 Å². The molecular weight excluding hydrogens is 446 g/mol. The summed E-state index contributed by atoms with van der Waals surface area (Å²) < 4.78 is 5.39.